The number of para-hydroxylation sites is 2. The first-order chi connectivity index (χ1) is 10.8. The predicted molar refractivity (Wildman–Crippen MR) is 85.2 cm³/mol. The third kappa shape index (κ3) is 2.96. The molecule has 4 heteroatoms. The van der Waals surface area contributed by atoms with E-state index in [9.17, 15) is 4.79 Å². The third-order valence-electron chi connectivity index (χ3n) is 3.49. The maximum absolute atomic E-state index is 12.2. The molecule has 2 aromatic carbocycles. The fourth-order valence-corrected chi connectivity index (χ4v) is 2.39. The quantitative estimate of drug-likeness (QED) is 0.784. The van der Waals surface area contributed by atoms with Crippen LogP contribution in [0.25, 0.3) is 11.0 Å². The van der Waals surface area contributed by atoms with Gasteiger partial charge in [0.15, 0.2) is 0 Å². The molecule has 4 nitrogen and oxygen atoms in total. The number of benzene rings is 2. The standard InChI is InChI=1S/C18H17NO3/c1-21-17-9-5-3-7-15(17)18(20)19-11-10-14-12-13-6-2-4-8-16(13)22-14/h2-9,12H,10-11H2,1H3,(H,19,20). The van der Waals surface area contributed by atoms with Gasteiger partial charge in [0.05, 0.1) is 12.7 Å². The topological polar surface area (TPSA) is 51.5 Å². The zero-order valence-corrected chi connectivity index (χ0v) is 12.3. The van der Waals surface area contributed by atoms with Crippen molar-refractivity contribution in [2.45, 2.75) is 6.42 Å². The molecule has 0 unspecified atom stereocenters. The van der Waals surface area contributed by atoms with E-state index >= 15 is 0 Å². The molecular weight excluding hydrogens is 278 g/mol. The number of methoxy groups -OCH3 is 1. The fraction of sp³-hybridized carbons (Fsp3) is 0.167. The van der Waals surface area contributed by atoms with Gasteiger partial charge in [-0.1, -0.05) is 30.3 Å². The molecule has 0 atom stereocenters. The first kappa shape index (κ1) is 14.2. The lowest BCUT2D eigenvalue weighted by Gasteiger charge is -2.08. The van der Waals surface area contributed by atoms with Crippen LogP contribution >= 0.6 is 0 Å². The molecule has 0 aliphatic heterocycles. The number of carbonyl (C=O) groups excluding carboxylic acids is 1. The van der Waals surface area contributed by atoms with E-state index in [0.29, 0.717) is 24.3 Å². The summed E-state index contributed by atoms with van der Waals surface area (Å²) in [5, 5.41) is 3.96. The number of carbonyl (C=O) groups is 1. The zero-order valence-electron chi connectivity index (χ0n) is 12.3. The Labute approximate surface area is 128 Å². The molecule has 3 rings (SSSR count). The van der Waals surface area contributed by atoms with Crippen molar-refractivity contribution in [3.63, 3.8) is 0 Å². The number of hydrogen-bond acceptors (Lipinski definition) is 3. The lowest BCUT2D eigenvalue weighted by molar-refractivity contribution is 0.0950. The van der Waals surface area contributed by atoms with Gasteiger partial charge < -0.3 is 14.5 Å². The molecule has 0 fully saturated rings. The SMILES string of the molecule is COc1ccccc1C(=O)NCCc1cc2ccccc2o1. The molecular formula is C18H17NO3. The van der Waals surface area contributed by atoms with Gasteiger partial charge in [-0.2, -0.15) is 0 Å². The number of amides is 1. The number of ether oxygens (including phenoxy) is 1. The lowest BCUT2D eigenvalue weighted by atomic mass is 10.2. The van der Waals surface area contributed by atoms with E-state index in [-0.39, 0.29) is 5.91 Å². The second-order valence-corrected chi connectivity index (χ2v) is 4.96. The van der Waals surface area contributed by atoms with Crippen molar-refractivity contribution in [1.82, 2.24) is 5.32 Å². The first-order valence-corrected chi connectivity index (χ1v) is 7.16. The molecule has 0 radical (unpaired) electrons. The van der Waals surface area contributed by atoms with E-state index in [1.54, 1.807) is 19.2 Å². The Morgan fingerprint density at radius 2 is 1.91 bits per heavy atom. The largest absolute Gasteiger partial charge is 0.496 e. The first-order valence-electron chi connectivity index (χ1n) is 7.16. The highest BCUT2D eigenvalue weighted by molar-refractivity contribution is 5.96. The van der Waals surface area contributed by atoms with Crippen LogP contribution in [-0.4, -0.2) is 19.6 Å². The summed E-state index contributed by atoms with van der Waals surface area (Å²) < 4.78 is 10.9. The Hall–Kier alpha value is -2.75. The van der Waals surface area contributed by atoms with E-state index in [1.165, 1.54) is 0 Å². The zero-order chi connectivity index (χ0) is 15.4. The maximum Gasteiger partial charge on any atom is 0.255 e. The number of hydrogen-bond donors (Lipinski definition) is 1. The lowest BCUT2D eigenvalue weighted by Crippen LogP contribution is -2.26. The van der Waals surface area contributed by atoms with Gasteiger partial charge in [-0.3, -0.25) is 4.79 Å². The van der Waals surface area contributed by atoms with Crippen molar-refractivity contribution < 1.29 is 13.9 Å². The van der Waals surface area contributed by atoms with Gasteiger partial charge in [0.2, 0.25) is 0 Å². The van der Waals surface area contributed by atoms with Crippen LogP contribution in [0.1, 0.15) is 16.1 Å². The molecule has 1 heterocycles. The average Bonchev–Trinajstić information content (AvgIpc) is 2.97. The van der Waals surface area contributed by atoms with Gasteiger partial charge in [0.25, 0.3) is 5.91 Å². The Morgan fingerprint density at radius 3 is 2.73 bits per heavy atom. The Balaban J connectivity index is 1.61. The Bertz CT molecular complexity index is 759. The summed E-state index contributed by atoms with van der Waals surface area (Å²) in [6.07, 6.45) is 0.648. The van der Waals surface area contributed by atoms with Gasteiger partial charge in [-0.15, -0.1) is 0 Å². The average molecular weight is 295 g/mol. The second-order valence-electron chi connectivity index (χ2n) is 4.96. The summed E-state index contributed by atoms with van der Waals surface area (Å²) in [6, 6.07) is 17.0. The molecule has 0 saturated carbocycles. The Morgan fingerprint density at radius 1 is 1.14 bits per heavy atom. The fourth-order valence-electron chi connectivity index (χ4n) is 2.39. The van der Waals surface area contributed by atoms with Crippen molar-refractivity contribution >= 4 is 16.9 Å². The van der Waals surface area contributed by atoms with Crippen LogP contribution in [-0.2, 0) is 6.42 Å². The normalized spacial score (nSPS) is 10.6. The minimum atomic E-state index is -0.145. The highest BCUT2D eigenvalue weighted by Gasteiger charge is 2.11. The van der Waals surface area contributed by atoms with Crippen LogP contribution in [0.5, 0.6) is 5.75 Å². The minimum Gasteiger partial charge on any atom is -0.496 e. The van der Waals surface area contributed by atoms with E-state index in [0.717, 1.165) is 16.7 Å². The van der Waals surface area contributed by atoms with Crippen LogP contribution in [0.4, 0.5) is 0 Å². The van der Waals surface area contributed by atoms with Gasteiger partial charge >= 0.3 is 0 Å². The molecule has 0 aliphatic rings. The van der Waals surface area contributed by atoms with Gasteiger partial charge in [-0.25, -0.2) is 0 Å². The predicted octanol–water partition coefficient (Wildman–Crippen LogP) is 3.41. The molecule has 1 N–H and O–H groups in total. The van der Waals surface area contributed by atoms with E-state index in [1.807, 2.05) is 42.5 Å². The molecule has 112 valence electrons. The number of rotatable bonds is 5. The number of furan rings is 1. The van der Waals surface area contributed by atoms with Gasteiger partial charge in [0, 0.05) is 18.4 Å². The van der Waals surface area contributed by atoms with Crippen LogP contribution in [0.15, 0.2) is 59.0 Å². The van der Waals surface area contributed by atoms with E-state index in [4.69, 9.17) is 9.15 Å². The summed E-state index contributed by atoms with van der Waals surface area (Å²) in [5.74, 6) is 1.29. The molecule has 1 amide bonds. The maximum atomic E-state index is 12.2. The molecule has 0 saturated heterocycles. The number of nitrogens with one attached hydrogen (secondary N) is 1. The van der Waals surface area contributed by atoms with Crippen molar-refractivity contribution in [3.05, 3.63) is 65.9 Å². The molecule has 3 aromatic rings. The summed E-state index contributed by atoms with van der Waals surface area (Å²) in [5.41, 5.74) is 1.41. The van der Waals surface area contributed by atoms with Crippen molar-refractivity contribution in [3.8, 4) is 5.75 Å². The third-order valence-corrected chi connectivity index (χ3v) is 3.49. The molecule has 1 aromatic heterocycles. The minimum absolute atomic E-state index is 0.145. The monoisotopic (exact) mass is 295 g/mol. The Kier molecular flexibility index (Phi) is 4.10. The molecule has 0 bridgehead atoms. The van der Waals surface area contributed by atoms with Crippen molar-refractivity contribution in [1.29, 1.82) is 0 Å². The van der Waals surface area contributed by atoms with Crippen LogP contribution in [0.2, 0.25) is 0 Å². The van der Waals surface area contributed by atoms with Crippen LogP contribution in [0, 0.1) is 0 Å². The summed E-state index contributed by atoms with van der Waals surface area (Å²) in [7, 11) is 1.56. The van der Waals surface area contributed by atoms with E-state index < -0.39 is 0 Å². The highest BCUT2D eigenvalue weighted by Crippen LogP contribution is 2.19. The summed E-state index contributed by atoms with van der Waals surface area (Å²) >= 11 is 0. The van der Waals surface area contributed by atoms with Crippen LogP contribution < -0.4 is 10.1 Å². The highest BCUT2D eigenvalue weighted by atomic mass is 16.5. The van der Waals surface area contributed by atoms with E-state index in [2.05, 4.69) is 5.32 Å². The molecule has 0 aliphatic carbocycles. The molecule has 0 spiro atoms. The van der Waals surface area contributed by atoms with Crippen molar-refractivity contribution in [2.24, 2.45) is 0 Å². The second kappa shape index (κ2) is 6.35. The van der Waals surface area contributed by atoms with Gasteiger partial charge in [-0.05, 0) is 24.3 Å². The van der Waals surface area contributed by atoms with Crippen LogP contribution in [0.3, 0.4) is 0 Å². The molecule has 22 heavy (non-hydrogen) atoms. The smallest absolute Gasteiger partial charge is 0.255 e. The summed E-state index contributed by atoms with van der Waals surface area (Å²) in [6.45, 7) is 0.511. The van der Waals surface area contributed by atoms with Crippen molar-refractivity contribution in [2.75, 3.05) is 13.7 Å². The van der Waals surface area contributed by atoms with Gasteiger partial charge in [0.1, 0.15) is 17.1 Å². The summed E-state index contributed by atoms with van der Waals surface area (Å²) in [4.78, 5) is 12.2. The number of fused-ring (bicyclic) bond motifs is 1.